The Balaban J connectivity index is 1.87. The Hall–Kier alpha value is -1.87. The second-order valence-corrected chi connectivity index (χ2v) is 5.38. The summed E-state index contributed by atoms with van der Waals surface area (Å²) in [5.41, 5.74) is 1.80. The van der Waals surface area contributed by atoms with Crippen molar-refractivity contribution in [2.24, 2.45) is 0 Å². The molecule has 0 bridgehead atoms. The number of nitrogens with zero attached hydrogens (tertiary/aromatic N) is 2. The number of carbonyl (C=O) groups is 1. The van der Waals surface area contributed by atoms with Crippen LogP contribution in [0.5, 0.6) is 0 Å². The van der Waals surface area contributed by atoms with Crippen LogP contribution in [0.4, 0.5) is 0 Å². The molecule has 1 aromatic heterocycles. The first-order valence-corrected chi connectivity index (χ1v) is 7.10. The first kappa shape index (κ1) is 13.1. The fourth-order valence-electron chi connectivity index (χ4n) is 2.73. The molecule has 1 aromatic carbocycles. The molecule has 1 atom stereocenters. The van der Waals surface area contributed by atoms with E-state index in [0.29, 0.717) is 10.6 Å². The molecule has 0 saturated carbocycles. The molecule has 3 rings (SSSR count). The Kier molecular flexibility index (Phi) is 3.70. The topological polar surface area (TPSA) is 33.2 Å². The predicted octanol–water partition coefficient (Wildman–Crippen LogP) is 3.71. The van der Waals surface area contributed by atoms with Gasteiger partial charge < -0.3 is 4.90 Å². The molecule has 3 nitrogen and oxygen atoms in total. The minimum Gasteiger partial charge on any atom is -0.332 e. The number of hydrogen-bond acceptors (Lipinski definition) is 2. The molecule has 1 aliphatic rings. The van der Waals surface area contributed by atoms with Gasteiger partial charge in [0.05, 0.1) is 6.04 Å². The quantitative estimate of drug-likeness (QED) is 0.843. The van der Waals surface area contributed by atoms with E-state index in [2.05, 4.69) is 4.98 Å². The summed E-state index contributed by atoms with van der Waals surface area (Å²) in [6.07, 6.45) is 5.57. The Bertz CT molecular complexity index is 615. The third-order valence-electron chi connectivity index (χ3n) is 3.68. The van der Waals surface area contributed by atoms with Crippen LogP contribution < -0.4 is 0 Å². The van der Waals surface area contributed by atoms with Gasteiger partial charge in [0, 0.05) is 29.5 Å². The average molecular weight is 287 g/mol. The summed E-state index contributed by atoms with van der Waals surface area (Å²) in [6, 6.07) is 11.2. The Morgan fingerprint density at radius 2 is 2.05 bits per heavy atom. The lowest BCUT2D eigenvalue weighted by Gasteiger charge is -2.25. The van der Waals surface area contributed by atoms with Crippen LogP contribution in [0.25, 0.3) is 0 Å². The summed E-state index contributed by atoms with van der Waals surface area (Å²) in [7, 11) is 0. The molecule has 0 N–H and O–H groups in total. The molecule has 0 unspecified atom stereocenters. The molecule has 1 aliphatic heterocycles. The lowest BCUT2D eigenvalue weighted by Crippen LogP contribution is -2.30. The predicted molar refractivity (Wildman–Crippen MR) is 78.7 cm³/mol. The molecular weight excluding hydrogens is 272 g/mol. The number of halogens is 1. The fraction of sp³-hybridized carbons (Fsp3) is 0.250. The Labute approximate surface area is 123 Å². The summed E-state index contributed by atoms with van der Waals surface area (Å²) in [6.45, 7) is 0.790. The largest absolute Gasteiger partial charge is 0.332 e. The van der Waals surface area contributed by atoms with Gasteiger partial charge in [-0.15, -0.1) is 0 Å². The van der Waals surface area contributed by atoms with E-state index in [4.69, 9.17) is 11.6 Å². The summed E-state index contributed by atoms with van der Waals surface area (Å²) >= 11 is 5.97. The van der Waals surface area contributed by atoms with Gasteiger partial charge in [-0.2, -0.15) is 0 Å². The summed E-state index contributed by atoms with van der Waals surface area (Å²) in [4.78, 5) is 18.6. The minimum atomic E-state index is 0.0480. The fourth-order valence-corrected chi connectivity index (χ4v) is 2.92. The molecule has 0 radical (unpaired) electrons. The molecular formula is C16H15ClN2O. The third-order valence-corrected chi connectivity index (χ3v) is 3.91. The highest BCUT2D eigenvalue weighted by Crippen LogP contribution is 2.32. The molecule has 1 amide bonds. The number of pyridine rings is 1. The van der Waals surface area contributed by atoms with Crippen LogP contribution in [0.1, 0.15) is 34.8 Å². The van der Waals surface area contributed by atoms with Gasteiger partial charge in [-0.3, -0.25) is 9.78 Å². The SMILES string of the molecule is O=C(c1cccc(Cl)c1)N1CCC[C@@H]1c1ccncc1. The van der Waals surface area contributed by atoms with E-state index in [9.17, 15) is 4.79 Å². The van der Waals surface area contributed by atoms with Crippen LogP contribution in [0.3, 0.4) is 0 Å². The first-order chi connectivity index (χ1) is 9.75. The highest BCUT2D eigenvalue weighted by Gasteiger charge is 2.30. The summed E-state index contributed by atoms with van der Waals surface area (Å²) in [5.74, 6) is 0.0480. The van der Waals surface area contributed by atoms with Crippen molar-refractivity contribution in [1.29, 1.82) is 0 Å². The van der Waals surface area contributed by atoms with Gasteiger partial charge in [0.1, 0.15) is 0 Å². The van der Waals surface area contributed by atoms with Crippen molar-refractivity contribution in [3.8, 4) is 0 Å². The van der Waals surface area contributed by atoms with Crippen LogP contribution in [0.15, 0.2) is 48.8 Å². The van der Waals surface area contributed by atoms with Crippen molar-refractivity contribution < 1.29 is 4.79 Å². The third kappa shape index (κ3) is 2.54. The molecule has 20 heavy (non-hydrogen) atoms. The maximum atomic E-state index is 12.6. The van der Waals surface area contributed by atoms with Crippen LogP contribution in [-0.4, -0.2) is 22.3 Å². The number of hydrogen-bond donors (Lipinski definition) is 0. The number of likely N-dealkylation sites (tertiary alicyclic amines) is 1. The van der Waals surface area contributed by atoms with Crippen molar-refractivity contribution in [3.05, 3.63) is 64.9 Å². The van der Waals surface area contributed by atoms with E-state index in [1.165, 1.54) is 0 Å². The number of rotatable bonds is 2. The van der Waals surface area contributed by atoms with Crippen molar-refractivity contribution in [2.45, 2.75) is 18.9 Å². The van der Waals surface area contributed by atoms with E-state index < -0.39 is 0 Å². The lowest BCUT2D eigenvalue weighted by atomic mass is 10.1. The van der Waals surface area contributed by atoms with E-state index in [1.807, 2.05) is 29.2 Å². The number of amides is 1. The van der Waals surface area contributed by atoms with Gasteiger partial charge in [0.25, 0.3) is 5.91 Å². The zero-order valence-electron chi connectivity index (χ0n) is 11.0. The second-order valence-electron chi connectivity index (χ2n) is 4.95. The Morgan fingerprint density at radius 3 is 2.80 bits per heavy atom. The van der Waals surface area contributed by atoms with Gasteiger partial charge in [-0.05, 0) is 48.7 Å². The molecule has 0 aliphatic carbocycles. The monoisotopic (exact) mass is 286 g/mol. The molecule has 0 spiro atoms. The number of carbonyl (C=O) groups excluding carboxylic acids is 1. The summed E-state index contributed by atoms with van der Waals surface area (Å²) in [5, 5.41) is 0.593. The highest BCUT2D eigenvalue weighted by molar-refractivity contribution is 6.30. The van der Waals surface area contributed by atoms with Gasteiger partial charge >= 0.3 is 0 Å². The second kappa shape index (κ2) is 5.63. The molecule has 2 heterocycles. The number of aromatic nitrogens is 1. The maximum absolute atomic E-state index is 12.6. The van der Waals surface area contributed by atoms with Gasteiger partial charge in [-0.1, -0.05) is 17.7 Å². The van der Waals surface area contributed by atoms with Crippen LogP contribution >= 0.6 is 11.6 Å². The normalized spacial score (nSPS) is 18.2. The average Bonchev–Trinajstić information content (AvgIpc) is 2.97. The summed E-state index contributed by atoms with van der Waals surface area (Å²) < 4.78 is 0. The van der Waals surface area contributed by atoms with Crippen molar-refractivity contribution in [3.63, 3.8) is 0 Å². The molecule has 2 aromatic rings. The van der Waals surface area contributed by atoms with Crippen molar-refractivity contribution >= 4 is 17.5 Å². The van der Waals surface area contributed by atoms with E-state index in [1.54, 1.807) is 24.5 Å². The first-order valence-electron chi connectivity index (χ1n) is 6.72. The van der Waals surface area contributed by atoms with E-state index in [-0.39, 0.29) is 11.9 Å². The minimum absolute atomic E-state index is 0.0480. The van der Waals surface area contributed by atoms with Crippen LogP contribution in [-0.2, 0) is 0 Å². The van der Waals surface area contributed by atoms with Crippen molar-refractivity contribution in [2.75, 3.05) is 6.54 Å². The van der Waals surface area contributed by atoms with E-state index >= 15 is 0 Å². The van der Waals surface area contributed by atoms with Gasteiger partial charge in [0.15, 0.2) is 0 Å². The standard InChI is InChI=1S/C16H15ClN2O/c17-14-4-1-3-13(11-14)16(20)19-10-2-5-15(19)12-6-8-18-9-7-12/h1,3-4,6-9,11,15H,2,5,10H2/t15-/m1/s1. The molecule has 1 saturated heterocycles. The van der Waals surface area contributed by atoms with Gasteiger partial charge in [0.2, 0.25) is 0 Å². The lowest BCUT2D eigenvalue weighted by molar-refractivity contribution is 0.0735. The smallest absolute Gasteiger partial charge is 0.254 e. The molecule has 102 valence electrons. The highest BCUT2D eigenvalue weighted by atomic mass is 35.5. The zero-order valence-corrected chi connectivity index (χ0v) is 11.8. The molecule has 1 fully saturated rings. The maximum Gasteiger partial charge on any atom is 0.254 e. The van der Waals surface area contributed by atoms with Crippen LogP contribution in [0.2, 0.25) is 5.02 Å². The molecule has 4 heteroatoms. The van der Waals surface area contributed by atoms with Crippen LogP contribution in [0, 0.1) is 0 Å². The zero-order chi connectivity index (χ0) is 13.9. The van der Waals surface area contributed by atoms with Gasteiger partial charge in [-0.25, -0.2) is 0 Å². The van der Waals surface area contributed by atoms with E-state index in [0.717, 1.165) is 24.9 Å². The number of benzene rings is 1. The Morgan fingerprint density at radius 1 is 1.25 bits per heavy atom. The van der Waals surface area contributed by atoms with Crippen molar-refractivity contribution in [1.82, 2.24) is 9.88 Å².